The maximum Gasteiger partial charge on any atom is 0.416 e. The Balaban J connectivity index is 1.72. The van der Waals surface area contributed by atoms with Crippen molar-refractivity contribution in [3.05, 3.63) is 54.2 Å². The third kappa shape index (κ3) is 4.53. The number of alkyl halides is 3. The molecule has 0 bridgehead atoms. The number of carbonyl (C=O) groups is 1. The number of halogens is 3. The van der Waals surface area contributed by atoms with Crippen LogP contribution in [0.5, 0.6) is 0 Å². The van der Waals surface area contributed by atoms with Gasteiger partial charge in [-0.3, -0.25) is 14.9 Å². The highest BCUT2D eigenvalue weighted by Crippen LogP contribution is 2.35. The average molecular weight is 444 g/mol. The summed E-state index contributed by atoms with van der Waals surface area (Å²) >= 11 is 0. The number of hydrogen-bond donors (Lipinski definition) is 2. The number of nitrogens with zero attached hydrogens (tertiary/aromatic N) is 4. The zero-order valence-electron chi connectivity index (χ0n) is 17.4. The quantitative estimate of drug-likeness (QED) is 0.588. The Bertz CT molecular complexity index is 1120. The molecule has 32 heavy (non-hydrogen) atoms. The van der Waals surface area contributed by atoms with E-state index in [0.29, 0.717) is 11.5 Å². The molecule has 1 aliphatic rings. The van der Waals surface area contributed by atoms with E-state index in [2.05, 4.69) is 15.4 Å². The molecule has 0 spiro atoms. The minimum Gasteiger partial charge on any atom is -0.396 e. The molecule has 0 saturated heterocycles. The van der Waals surface area contributed by atoms with E-state index in [0.717, 1.165) is 37.8 Å². The molecule has 2 heterocycles. The molecule has 4 rings (SSSR count). The van der Waals surface area contributed by atoms with Gasteiger partial charge >= 0.3 is 12.2 Å². The number of nitrogen functional groups attached to an aromatic ring is 1. The summed E-state index contributed by atoms with van der Waals surface area (Å²) in [5.74, 6) is 0.605. The van der Waals surface area contributed by atoms with Gasteiger partial charge < -0.3 is 5.73 Å². The number of aromatic nitrogens is 3. The number of aryl methyl sites for hydroxylation is 1. The molecule has 7 nitrogen and oxygen atoms in total. The molecule has 1 fully saturated rings. The maximum absolute atomic E-state index is 13.2. The number of anilines is 3. The lowest BCUT2D eigenvalue weighted by atomic mass is 10.1. The standard InChI is InChI=1S/C22H23F3N6O/c1-30-12-11-19(29-30)28-21(32)31(16-7-2-3-8-16)20-17(26)9-10-18(27-20)14-5-4-6-15(13-14)22(23,24)25/h4-6,9-13,16H,2-3,7-8,26H2,1H3,(H,28,29,32). The third-order valence-corrected chi connectivity index (χ3v) is 5.48. The van der Waals surface area contributed by atoms with Crippen LogP contribution in [0.4, 0.5) is 35.3 Å². The topological polar surface area (TPSA) is 89.1 Å². The molecule has 1 aromatic carbocycles. The molecule has 10 heteroatoms. The number of urea groups is 1. The minimum absolute atomic E-state index is 0.120. The highest BCUT2D eigenvalue weighted by atomic mass is 19.4. The first-order chi connectivity index (χ1) is 15.2. The molecule has 0 unspecified atom stereocenters. The van der Waals surface area contributed by atoms with Gasteiger partial charge in [0.15, 0.2) is 11.6 Å². The third-order valence-electron chi connectivity index (χ3n) is 5.48. The van der Waals surface area contributed by atoms with Gasteiger partial charge in [0.1, 0.15) is 0 Å². The first-order valence-corrected chi connectivity index (χ1v) is 10.3. The van der Waals surface area contributed by atoms with Gasteiger partial charge in [0.05, 0.1) is 16.9 Å². The lowest BCUT2D eigenvalue weighted by Gasteiger charge is -2.29. The molecule has 0 aliphatic heterocycles. The van der Waals surface area contributed by atoms with Crippen LogP contribution in [0.25, 0.3) is 11.3 Å². The van der Waals surface area contributed by atoms with Crippen LogP contribution in [0.3, 0.4) is 0 Å². The molecule has 3 aromatic rings. The molecular formula is C22H23F3N6O. The second-order valence-corrected chi connectivity index (χ2v) is 7.80. The lowest BCUT2D eigenvalue weighted by molar-refractivity contribution is -0.137. The van der Waals surface area contributed by atoms with Crippen molar-refractivity contribution in [3.8, 4) is 11.3 Å². The molecule has 1 aliphatic carbocycles. The monoisotopic (exact) mass is 444 g/mol. The van der Waals surface area contributed by atoms with E-state index in [9.17, 15) is 18.0 Å². The number of amides is 2. The summed E-state index contributed by atoms with van der Waals surface area (Å²) in [6.45, 7) is 0. The van der Waals surface area contributed by atoms with Gasteiger partial charge in [0.25, 0.3) is 0 Å². The Hall–Kier alpha value is -3.56. The molecular weight excluding hydrogens is 421 g/mol. The van der Waals surface area contributed by atoms with Crippen LogP contribution in [0.1, 0.15) is 31.2 Å². The zero-order valence-corrected chi connectivity index (χ0v) is 17.4. The predicted octanol–water partition coefficient (Wildman–Crippen LogP) is 5.06. The van der Waals surface area contributed by atoms with Crippen molar-refractivity contribution in [1.29, 1.82) is 0 Å². The summed E-state index contributed by atoms with van der Waals surface area (Å²) in [5.41, 5.74) is 6.28. The second kappa shape index (κ2) is 8.52. The first kappa shape index (κ1) is 21.7. The van der Waals surface area contributed by atoms with E-state index in [1.165, 1.54) is 11.0 Å². The van der Waals surface area contributed by atoms with Gasteiger partial charge in [-0.05, 0) is 37.1 Å². The van der Waals surface area contributed by atoms with Crippen molar-refractivity contribution in [2.24, 2.45) is 7.05 Å². The maximum atomic E-state index is 13.2. The van der Waals surface area contributed by atoms with Crippen LogP contribution < -0.4 is 16.0 Å². The van der Waals surface area contributed by atoms with Gasteiger partial charge in [0, 0.05) is 30.9 Å². The van der Waals surface area contributed by atoms with Crippen LogP contribution in [0, 0.1) is 0 Å². The fraction of sp³-hybridized carbons (Fsp3) is 0.318. The summed E-state index contributed by atoms with van der Waals surface area (Å²) in [4.78, 5) is 19.2. The summed E-state index contributed by atoms with van der Waals surface area (Å²) in [5, 5.41) is 6.94. The van der Waals surface area contributed by atoms with Crippen molar-refractivity contribution in [1.82, 2.24) is 14.8 Å². The number of nitrogens with one attached hydrogen (secondary N) is 1. The van der Waals surface area contributed by atoms with Crippen molar-refractivity contribution >= 4 is 23.4 Å². The van der Waals surface area contributed by atoms with Gasteiger partial charge in [-0.2, -0.15) is 18.3 Å². The van der Waals surface area contributed by atoms with E-state index in [1.54, 1.807) is 42.2 Å². The fourth-order valence-electron chi connectivity index (χ4n) is 3.92. The Morgan fingerprint density at radius 2 is 1.94 bits per heavy atom. The fourth-order valence-corrected chi connectivity index (χ4v) is 3.92. The summed E-state index contributed by atoms with van der Waals surface area (Å²) in [6, 6.07) is 9.15. The van der Waals surface area contributed by atoms with E-state index < -0.39 is 17.8 Å². The Kier molecular flexibility index (Phi) is 5.77. The predicted molar refractivity (Wildman–Crippen MR) is 116 cm³/mol. The van der Waals surface area contributed by atoms with E-state index in [-0.39, 0.29) is 23.1 Å². The Morgan fingerprint density at radius 3 is 2.59 bits per heavy atom. The van der Waals surface area contributed by atoms with Gasteiger partial charge in [-0.25, -0.2) is 9.78 Å². The molecule has 2 aromatic heterocycles. The number of rotatable bonds is 4. The molecule has 1 saturated carbocycles. The normalized spacial score (nSPS) is 14.5. The second-order valence-electron chi connectivity index (χ2n) is 7.80. The van der Waals surface area contributed by atoms with Crippen molar-refractivity contribution in [2.75, 3.05) is 16.0 Å². The molecule has 3 N–H and O–H groups in total. The van der Waals surface area contributed by atoms with Crippen LogP contribution >= 0.6 is 0 Å². The van der Waals surface area contributed by atoms with Crippen LogP contribution in [0.2, 0.25) is 0 Å². The van der Waals surface area contributed by atoms with Crippen molar-refractivity contribution in [2.45, 2.75) is 37.9 Å². The van der Waals surface area contributed by atoms with Crippen molar-refractivity contribution < 1.29 is 18.0 Å². The number of carbonyl (C=O) groups excluding carboxylic acids is 1. The van der Waals surface area contributed by atoms with Crippen LogP contribution in [0.15, 0.2) is 48.7 Å². The van der Waals surface area contributed by atoms with Gasteiger partial charge in [-0.1, -0.05) is 25.0 Å². The van der Waals surface area contributed by atoms with E-state index in [4.69, 9.17) is 5.73 Å². The average Bonchev–Trinajstić information content (AvgIpc) is 3.41. The van der Waals surface area contributed by atoms with Crippen LogP contribution in [-0.2, 0) is 13.2 Å². The van der Waals surface area contributed by atoms with E-state index >= 15 is 0 Å². The summed E-state index contributed by atoms with van der Waals surface area (Å²) in [7, 11) is 1.74. The highest BCUT2D eigenvalue weighted by Gasteiger charge is 2.32. The number of nitrogens with two attached hydrogens (primary N) is 1. The number of benzene rings is 1. The van der Waals surface area contributed by atoms with E-state index in [1.807, 2.05) is 0 Å². The van der Waals surface area contributed by atoms with Gasteiger partial charge in [-0.15, -0.1) is 0 Å². The first-order valence-electron chi connectivity index (χ1n) is 10.3. The summed E-state index contributed by atoms with van der Waals surface area (Å²) < 4.78 is 41.1. The zero-order chi connectivity index (χ0) is 22.9. The SMILES string of the molecule is Cn1ccc(NC(=O)N(c2nc(-c3cccc(C(F)(F)F)c3)ccc2N)C2CCCC2)n1. The summed E-state index contributed by atoms with van der Waals surface area (Å²) in [6.07, 6.45) is 0.729. The molecule has 2 amide bonds. The number of pyridine rings is 1. The molecule has 0 atom stereocenters. The highest BCUT2D eigenvalue weighted by molar-refractivity contribution is 6.03. The smallest absolute Gasteiger partial charge is 0.396 e. The molecule has 0 radical (unpaired) electrons. The largest absolute Gasteiger partial charge is 0.416 e. The Morgan fingerprint density at radius 1 is 1.19 bits per heavy atom. The van der Waals surface area contributed by atoms with Crippen molar-refractivity contribution in [3.63, 3.8) is 0 Å². The Labute approximate surface area is 183 Å². The molecule has 168 valence electrons. The van der Waals surface area contributed by atoms with Crippen LogP contribution in [-0.4, -0.2) is 26.8 Å². The minimum atomic E-state index is -4.47. The lowest BCUT2D eigenvalue weighted by Crippen LogP contribution is -2.43. The number of hydrogen-bond acceptors (Lipinski definition) is 4. The van der Waals surface area contributed by atoms with Gasteiger partial charge in [0.2, 0.25) is 0 Å².